The second kappa shape index (κ2) is 12.5. The number of hydrogen-bond acceptors (Lipinski definition) is 6. The van der Waals surface area contributed by atoms with Crippen molar-refractivity contribution in [3.05, 3.63) is 25.3 Å². The van der Waals surface area contributed by atoms with Gasteiger partial charge in [-0.3, -0.25) is 14.4 Å². The van der Waals surface area contributed by atoms with Crippen molar-refractivity contribution < 1.29 is 29.0 Å². The molecule has 6 atom stereocenters. The van der Waals surface area contributed by atoms with Gasteiger partial charge in [0.25, 0.3) is 0 Å². The molecule has 2 bridgehead atoms. The van der Waals surface area contributed by atoms with Crippen LogP contribution in [0.1, 0.15) is 84.5 Å². The Labute approximate surface area is 233 Å². The van der Waals surface area contributed by atoms with Crippen LogP contribution in [0.3, 0.4) is 0 Å². The van der Waals surface area contributed by atoms with Crippen molar-refractivity contribution in [2.24, 2.45) is 17.8 Å². The molecule has 2 amide bonds. The van der Waals surface area contributed by atoms with Gasteiger partial charge in [-0.05, 0) is 64.2 Å². The number of esters is 1. The van der Waals surface area contributed by atoms with Crippen molar-refractivity contribution in [2.75, 3.05) is 26.3 Å². The molecule has 1 N–H and O–H groups in total. The number of nitrogens with zero attached hydrogens (tertiary/aromatic N) is 2. The lowest BCUT2D eigenvalue weighted by Gasteiger charge is -2.41. The standard InChI is InChI=1S/C31H48N2O6/c1-5-7-8-14-20-38-29(37)25-24-27(35)33(18-12-13-19-34)26(31(24)21-22(3)30(25,4)39-31)28(36)32(17-6-2)23-15-10-9-11-16-23/h5-6,22-26,34H,1-2,7-21H2,3-4H3/t22?,24-,25+,26?,30-,31?/m0/s1. The molecule has 3 unspecified atom stereocenters. The lowest BCUT2D eigenvalue weighted by atomic mass is 9.62. The number of allylic oxidation sites excluding steroid dienone is 1. The average molecular weight is 545 g/mol. The van der Waals surface area contributed by atoms with E-state index in [0.29, 0.717) is 39.0 Å². The van der Waals surface area contributed by atoms with E-state index in [1.807, 2.05) is 17.9 Å². The molecule has 0 aromatic rings. The SMILES string of the molecule is C=CCCCCOC(=O)[C@H]1[C@H]2C(=O)N(CCCCO)C(C(=O)N(CC=C)C3CCCCC3)C23CC(C)[C@]1(C)O3. The Hall–Kier alpha value is -2.19. The maximum absolute atomic E-state index is 14.5. The molecule has 4 aliphatic rings. The summed E-state index contributed by atoms with van der Waals surface area (Å²) in [6.45, 7) is 12.7. The van der Waals surface area contributed by atoms with Crippen LogP contribution in [-0.4, -0.2) is 82.3 Å². The van der Waals surface area contributed by atoms with Gasteiger partial charge in [-0.25, -0.2) is 0 Å². The summed E-state index contributed by atoms with van der Waals surface area (Å²) in [7, 11) is 0. The molecule has 1 aliphatic carbocycles. The molecule has 3 heterocycles. The van der Waals surface area contributed by atoms with Gasteiger partial charge in [0, 0.05) is 25.7 Å². The number of amides is 2. The summed E-state index contributed by atoms with van der Waals surface area (Å²) in [6.07, 6.45) is 12.9. The van der Waals surface area contributed by atoms with Gasteiger partial charge in [-0.2, -0.15) is 0 Å². The molecule has 39 heavy (non-hydrogen) atoms. The molecule has 4 fully saturated rings. The third-order valence-electron chi connectivity index (χ3n) is 9.78. The number of rotatable bonds is 14. The van der Waals surface area contributed by atoms with Gasteiger partial charge in [0.15, 0.2) is 0 Å². The van der Waals surface area contributed by atoms with Crippen LogP contribution in [0, 0.1) is 17.8 Å². The summed E-state index contributed by atoms with van der Waals surface area (Å²) in [6, 6.07) is -0.692. The number of fused-ring (bicyclic) bond motifs is 1. The lowest BCUT2D eigenvalue weighted by Crippen LogP contribution is -2.58. The number of aliphatic hydroxyl groups excluding tert-OH is 1. The molecule has 1 spiro atoms. The highest BCUT2D eigenvalue weighted by Crippen LogP contribution is 2.65. The number of ether oxygens (including phenoxy) is 2. The Morgan fingerprint density at radius 2 is 1.90 bits per heavy atom. The zero-order valence-electron chi connectivity index (χ0n) is 23.9. The third-order valence-corrected chi connectivity index (χ3v) is 9.78. The second-order valence-corrected chi connectivity index (χ2v) is 12.2. The second-order valence-electron chi connectivity index (χ2n) is 12.2. The van der Waals surface area contributed by atoms with Crippen molar-refractivity contribution in [1.29, 1.82) is 0 Å². The minimum Gasteiger partial charge on any atom is -0.465 e. The van der Waals surface area contributed by atoms with Crippen molar-refractivity contribution in [3.63, 3.8) is 0 Å². The maximum Gasteiger partial charge on any atom is 0.312 e. The Kier molecular flexibility index (Phi) is 9.58. The predicted molar refractivity (Wildman–Crippen MR) is 149 cm³/mol. The molecular formula is C31H48N2O6. The highest BCUT2D eigenvalue weighted by atomic mass is 16.6. The van der Waals surface area contributed by atoms with E-state index in [1.165, 1.54) is 6.42 Å². The third kappa shape index (κ3) is 5.31. The Bertz CT molecular complexity index is 932. The van der Waals surface area contributed by atoms with Crippen LogP contribution in [0.15, 0.2) is 25.3 Å². The molecule has 8 nitrogen and oxygen atoms in total. The summed E-state index contributed by atoms with van der Waals surface area (Å²) in [5.41, 5.74) is -1.94. The van der Waals surface area contributed by atoms with Gasteiger partial charge in [0.1, 0.15) is 17.6 Å². The molecule has 3 aliphatic heterocycles. The predicted octanol–water partition coefficient (Wildman–Crippen LogP) is 4.02. The summed E-state index contributed by atoms with van der Waals surface area (Å²) < 4.78 is 12.6. The van der Waals surface area contributed by atoms with Gasteiger partial charge in [0.2, 0.25) is 11.8 Å². The maximum atomic E-state index is 14.5. The van der Waals surface area contributed by atoms with Gasteiger partial charge in [-0.15, -0.1) is 13.2 Å². The van der Waals surface area contributed by atoms with Crippen molar-refractivity contribution >= 4 is 17.8 Å². The van der Waals surface area contributed by atoms with Crippen LogP contribution < -0.4 is 0 Å². The van der Waals surface area contributed by atoms with Crippen molar-refractivity contribution in [2.45, 2.75) is 108 Å². The summed E-state index contributed by atoms with van der Waals surface area (Å²) in [4.78, 5) is 45.9. The highest BCUT2D eigenvalue weighted by Gasteiger charge is 2.80. The average Bonchev–Trinajstić information content (AvgIpc) is 3.44. The van der Waals surface area contributed by atoms with Crippen LogP contribution >= 0.6 is 0 Å². The van der Waals surface area contributed by atoms with Gasteiger partial charge < -0.3 is 24.4 Å². The van der Waals surface area contributed by atoms with Crippen LogP contribution in [0.2, 0.25) is 0 Å². The number of carbonyl (C=O) groups is 3. The van der Waals surface area contributed by atoms with Gasteiger partial charge >= 0.3 is 5.97 Å². The van der Waals surface area contributed by atoms with E-state index in [4.69, 9.17) is 9.47 Å². The van der Waals surface area contributed by atoms with E-state index < -0.39 is 35.0 Å². The number of carbonyl (C=O) groups excluding carboxylic acids is 3. The molecule has 8 heteroatoms. The normalized spacial score (nSPS) is 33.7. The molecule has 3 saturated heterocycles. The van der Waals surface area contributed by atoms with Crippen molar-refractivity contribution in [3.8, 4) is 0 Å². The topological polar surface area (TPSA) is 96.4 Å². The quantitative estimate of drug-likeness (QED) is 0.202. The largest absolute Gasteiger partial charge is 0.465 e. The fraction of sp³-hybridized carbons (Fsp3) is 0.774. The molecule has 218 valence electrons. The molecule has 0 aromatic carbocycles. The molecule has 1 saturated carbocycles. The highest BCUT2D eigenvalue weighted by molar-refractivity contribution is 5.98. The minimum atomic E-state index is -1.07. The lowest BCUT2D eigenvalue weighted by molar-refractivity contribution is -0.162. The van der Waals surface area contributed by atoms with Crippen LogP contribution in [0.25, 0.3) is 0 Å². The summed E-state index contributed by atoms with van der Waals surface area (Å²) in [5.74, 6) is -2.22. The molecular weight excluding hydrogens is 496 g/mol. The summed E-state index contributed by atoms with van der Waals surface area (Å²) in [5, 5.41) is 9.41. The summed E-state index contributed by atoms with van der Waals surface area (Å²) >= 11 is 0. The van der Waals surface area contributed by atoms with Crippen LogP contribution in [0.5, 0.6) is 0 Å². The fourth-order valence-corrected chi connectivity index (χ4v) is 7.77. The minimum absolute atomic E-state index is 0.0184. The van der Waals surface area contributed by atoms with E-state index >= 15 is 0 Å². The zero-order valence-corrected chi connectivity index (χ0v) is 23.9. The Morgan fingerprint density at radius 3 is 2.56 bits per heavy atom. The first-order chi connectivity index (χ1) is 18.8. The Balaban J connectivity index is 1.67. The van der Waals surface area contributed by atoms with E-state index in [-0.39, 0.29) is 30.4 Å². The van der Waals surface area contributed by atoms with Crippen molar-refractivity contribution in [1.82, 2.24) is 9.80 Å². The van der Waals surface area contributed by atoms with E-state index in [1.54, 1.807) is 11.0 Å². The number of aliphatic hydroxyl groups is 1. The smallest absolute Gasteiger partial charge is 0.312 e. The number of unbranched alkanes of at least 4 members (excludes halogenated alkanes) is 3. The first kappa shape index (κ1) is 29.8. The van der Waals surface area contributed by atoms with Gasteiger partial charge in [-0.1, -0.05) is 38.3 Å². The first-order valence-electron chi connectivity index (χ1n) is 15.1. The van der Waals surface area contributed by atoms with Crippen LogP contribution in [0.4, 0.5) is 0 Å². The Morgan fingerprint density at radius 1 is 1.15 bits per heavy atom. The number of hydrogen-bond donors (Lipinski definition) is 1. The van der Waals surface area contributed by atoms with E-state index in [2.05, 4.69) is 20.1 Å². The molecule has 0 radical (unpaired) electrons. The first-order valence-corrected chi connectivity index (χ1v) is 15.1. The van der Waals surface area contributed by atoms with Crippen LogP contribution in [-0.2, 0) is 23.9 Å². The van der Waals surface area contributed by atoms with E-state index in [9.17, 15) is 19.5 Å². The molecule has 0 aromatic heterocycles. The van der Waals surface area contributed by atoms with Gasteiger partial charge in [0.05, 0.1) is 18.1 Å². The number of likely N-dealkylation sites (tertiary alicyclic amines) is 1. The molecule has 4 rings (SSSR count). The van der Waals surface area contributed by atoms with E-state index in [0.717, 1.165) is 44.9 Å². The monoisotopic (exact) mass is 544 g/mol. The fourth-order valence-electron chi connectivity index (χ4n) is 7.77. The zero-order chi connectivity index (χ0) is 28.2.